The topological polar surface area (TPSA) is 3.24 Å². The molecule has 1 saturated carbocycles. The fraction of sp³-hybridized carbons (Fsp3) is 1.00. The highest BCUT2D eigenvalue weighted by atomic mass is 15.2. The van der Waals surface area contributed by atoms with Crippen LogP contribution in [0, 0.1) is 11.8 Å². The van der Waals surface area contributed by atoms with Crippen molar-refractivity contribution in [3.8, 4) is 0 Å². The molecule has 0 radical (unpaired) electrons. The summed E-state index contributed by atoms with van der Waals surface area (Å²) < 4.78 is 0. The van der Waals surface area contributed by atoms with Gasteiger partial charge in [0.1, 0.15) is 0 Å². The minimum atomic E-state index is 0.949. The molecule has 0 spiro atoms. The third kappa shape index (κ3) is 1.28. The molecular formula is C11H21N. The van der Waals surface area contributed by atoms with E-state index in [2.05, 4.69) is 18.7 Å². The lowest BCUT2D eigenvalue weighted by Crippen LogP contribution is -2.52. The van der Waals surface area contributed by atoms with Gasteiger partial charge in [-0.2, -0.15) is 0 Å². The van der Waals surface area contributed by atoms with Crippen molar-refractivity contribution in [3.05, 3.63) is 0 Å². The first-order chi connectivity index (χ1) is 5.85. The molecule has 3 fully saturated rings. The Balaban J connectivity index is 2.05. The van der Waals surface area contributed by atoms with Gasteiger partial charge in [0.25, 0.3) is 0 Å². The Morgan fingerprint density at radius 3 is 2.67 bits per heavy atom. The van der Waals surface area contributed by atoms with E-state index in [1.54, 1.807) is 0 Å². The van der Waals surface area contributed by atoms with Crippen molar-refractivity contribution in [2.75, 3.05) is 13.1 Å². The number of fused-ring (bicyclic) bond motifs is 3. The Labute approximate surface area is 76.1 Å². The number of piperidine rings is 2. The number of nitrogens with zero attached hydrogens (tertiary/aromatic N) is 1. The Bertz CT molecular complexity index is 141. The molecule has 3 aliphatic rings. The van der Waals surface area contributed by atoms with Crippen LogP contribution in [0.3, 0.4) is 0 Å². The van der Waals surface area contributed by atoms with Gasteiger partial charge in [0.15, 0.2) is 0 Å². The number of hydrogen-bond donors (Lipinski definition) is 0. The highest BCUT2D eigenvalue weighted by Gasteiger charge is 2.38. The van der Waals surface area contributed by atoms with Gasteiger partial charge >= 0.3 is 0 Å². The molecule has 1 heteroatoms. The summed E-state index contributed by atoms with van der Waals surface area (Å²) in [6.07, 6.45) is 5.92. The second-order valence-corrected chi connectivity index (χ2v) is 4.50. The second kappa shape index (κ2) is 3.37. The van der Waals surface area contributed by atoms with E-state index in [-0.39, 0.29) is 0 Å². The monoisotopic (exact) mass is 167 g/mol. The van der Waals surface area contributed by atoms with E-state index in [1.165, 1.54) is 38.8 Å². The van der Waals surface area contributed by atoms with Crippen molar-refractivity contribution < 1.29 is 0 Å². The van der Waals surface area contributed by atoms with E-state index < -0.39 is 0 Å². The van der Waals surface area contributed by atoms with Crippen LogP contribution in [0.1, 0.15) is 39.5 Å². The normalized spacial score (nSPS) is 42.0. The summed E-state index contributed by atoms with van der Waals surface area (Å²) in [6.45, 7) is 7.35. The van der Waals surface area contributed by atoms with Crippen LogP contribution in [0.2, 0.25) is 0 Å². The van der Waals surface area contributed by atoms with Crippen LogP contribution in [0.25, 0.3) is 0 Å². The molecule has 3 atom stereocenters. The second-order valence-electron chi connectivity index (χ2n) is 4.50. The Kier molecular flexibility index (Phi) is 2.40. The zero-order chi connectivity index (χ0) is 8.55. The van der Waals surface area contributed by atoms with E-state index in [9.17, 15) is 0 Å². The first-order valence-electron chi connectivity index (χ1n) is 5.59. The van der Waals surface area contributed by atoms with E-state index in [0.717, 1.165) is 17.9 Å². The van der Waals surface area contributed by atoms with Crippen LogP contribution in [0.15, 0.2) is 0 Å². The lowest BCUT2D eigenvalue weighted by molar-refractivity contribution is 0.00355. The molecule has 0 aromatic carbocycles. The molecule has 0 aromatic heterocycles. The molecule has 0 amide bonds. The SMILES string of the molecule is CCC1CC2CCC1N(CC)C2. The van der Waals surface area contributed by atoms with Crippen LogP contribution in [0.5, 0.6) is 0 Å². The maximum absolute atomic E-state index is 2.71. The molecule has 0 aromatic rings. The van der Waals surface area contributed by atoms with E-state index >= 15 is 0 Å². The Morgan fingerprint density at radius 2 is 2.08 bits per heavy atom. The van der Waals surface area contributed by atoms with Gasteiger partial charge in [-0.3, -0.25) is 0 Å². The van der Waals surface area contributed by atoms with Gasteiger partial charge < -0.3 is 4.90 Å². The molecule has 2 bridgehead atoms. The number of hydrogen-bond acceptors (Lipinski definition) is 1. The van der Waals surface area contributed by atoms with Crippen molar-refractivity contribution in [1.29, 1.82) is 0 Å². The lowest BCUT2D eigenvalue weighted by atomic mass is 9.72. The predicted octanol–water partition coefficient (Wildman–Crippen LogP) is 2.52. The fourth-order valence-corrected chi connectivity index (χ4v) is 3.26. The van der Waals surface area contributed by atoms with Gasteiger partial charge in [-0.05, 0) is 37.6 Å². The average molecular weight is 167 g/mol. The van der Waals surface area contributed by atoms with Gasteiger partial charge in [0, 0.05) is 12.6 Å². The molecule has 70 valence electrons. The number of rotatable bonds is 2. The lowest BCUT2D eigenvalue weighted by Gasteiger charge is -2.49. The summed E-state index contributed by atoms with van der Waals surface area (Å²) in [5.74, 6) is 2.07. The smallest absolute Gasteiger partial charge is 0.0124 e. The van der Waals surface area contributed by atoms with Gasteiger partial charge in [-0.15, -0.1) is 0 Å². The molecule has 2 heterocycles. The minimum Gasteiger partial charge on any atom is -0.300 e. The summed E-state index contributed by atoms with van der Waals surface area (Å²) in [5, 5.41) is 0. The molecule has 2 saturated heterocycles. The first kappa shape index (κ1) is 8.55. The first-order valence-corrected chi connectivity index (χ1v) is 5.59. The van der Waals surface area contributed by atoms with E-state index in [1.807, 2.05) is 0 Å². The molecule has 12 heavy (non-hydrogen) atoms. The zero-order valence-electron chi connectivity index (χ0n) is 8.42. The van der Waals surface area contributed by atoms with Crippen molar-refractivity contribution in [3.63, 3.8) is 0 Å². The molecule has 3 unspecified atom stereocenters. The quantitative estimate of drug-likeness (QED) is 0.611. The molecular weight excluding hydrogens is 146 g/mol. The molecule has 3 rings (SSSR count). The maximum atomic E-state index is 2.71. The zero-order valence-corrected chi connectivity index (χ0v) is 8.42. The molecule has 1 aliphatic carbocycles. The van der Waals surface area contributed by atoms with Gasteiger partial charge in [0.05, 0.1) is 0 Å². The third-order valence-electron chi connectivity index (χ3n) is 3.94. The molecule has 1 nitrogen and oxygen atoms in total. The Morgan fingerprint density at radius 1 is 1.25 bits per heavy atom. The van der Waals surface area contributed by atoms with E-state index in [4.69, 9.17) is 0 Å². The van der Waals surface area contributed by atoms with Crippen LogP contribution in [0.4, 0.5) is 0 Å². The summed E-state index contributed by atoms with van der Waals surface area (Å²) in [4.78, 5) is 2.71. The molecule has 0 N–H and O–H groups in total. The van der Waals surface area contributed by atoms with Crippen LogP contribution < -0.4 is 0 Å². The van der Waals surface area contributed by atoms with Crippen molar-refractivity contribution in [1.82, 2.24) is 4.90 Å². The summed E-state index contributed by atoms with van der Waals surface area (Å²) in [6, 6.07) is 0.949. The van der Waals surface area contributed by atoms with Gasteiger partial charge in [0.2, 0.25) is 0 Å². The molecule has 2 aliphatic heterocycles. The summed E-state index contributed by atoms with van der Waals surface area (Å²) in [7, 11) is 0. The van der Waals surface area contributed by atoms with Crippen LogP contribution >= 0.6 is 0 Å². The predicted molar refractivity (Wildman–Crippen MR) is 52.2 cm³/mol. The standard InChI is InChI=1S/C11H21N/c1-3-10-7-9-5-6-11(10)12(4-2)8-9/h9-11H,3-8H2,1-2H3. The third-order valence-corrected chi connectivity index (χ3v) is 3.94. The fourth-order valence-electron chi connectivity index (χ4n) is 3.26. The maximum Gasteiger partial charge on any atom is 0.0124 e. The summed E-state index contributed by atoms with van der Waals surface area (Å²) >= 11 is 0. The van der Waals surface area contributed by atoms with Crippen molar-refractivity contribution in [2.45, 2.75) is 45.6 Å². The Hall–Kier alpha value is -0.0400. The van der Waals surface area contributed by atoms with Crippen molar-refractivity contribution in [2.24, 2.45) is 11.8 Å². The van der Waals surface area contributed by atoms with Gasteiger partial charge in [-0.1, -0.05) is 20.3 Å². The average Bonchev–Trinajstić information content (AvgIpc) is 2.18. The van der Waals surface area contributed by atoms with E-state index in [0.29, 0.717) is 0 Å². The highest BCUT2D eigenvalue weighted by Crippen LogP contribution is 2.40. The van der Waals surface area contributed by atoms with Gasteiger partial charge in [-0.25, -0.2) is 0 Å². The minimum absolute atomic E-state index is 0.949. The summed E-state index contributed by atoms with van der Waals surface area (Å²) in [5.41, 5.74) is 0. The van der Waals surface area contributed by atoms with Crippen molar-refractivity contribution >= 4 is 0 Å². The highest BCUT2D eigenvalue weighted by molar-refractivity contribution is 4.92. The largest absolute Gasteiger partial charge is 0.300 e. The van der Waals surface area contributed by atoms with Crippen LogP contribution in [-0.4, -0.2) is 24.0 Å². The van der Waals surface area contributed by atoms with Crippen LogP contribution in [-0.2, 0) is 0 Å².